The van der Waals surface area contributed by atoms with Crippen LogP contribution in [-0.2, 0) is 0 Å². The van der Waals surface area contributed by atoms with E-state index in [1.54, 1.807) is 7.11 Å². The number of rotatable bonds is 5. The third-order valence-electron chi connectivity index (χ3n) is 3.92. The summed E-state index contributed by atoms with van der Waals surface area (Å²) in [6, 6.07) is 17.9. The minimum absolute atomic E-state index is 0.790. The Labute approximate surface area is 142 Å². The van der Waals surface area contributed by atoms with Crippen LogP contribution in [0.25, 0.3) is 22.3 Å². The lowest BCUT2D eigenvalue weighted by Crippen LogP contribution is -3.06. The molecule has 3 rings (SSSR count). The number of nitrogens with zero attached hydrogens (tertiary/aromatic N) is 1. The zero-order valence-corrected chi connectivity index (χ0v) is 14.4. The molecule has 3 aromatic rings. The number of ether oxygens (including phenoxy) is 1. The van der Waals surface area contributed by atoms with Gasteiger partial charge in [-0.3, -0.25) is 4.99 Å². The van der Waals surface area contributed by atoms with Crippen LogP contribution in [0.4, 0.5) is 0 Å². The third kappa shape index (κ3) is 3.66. The molecule has 1 aromatic heterocycles. The van der Waals surface area contributed by atoms with Crippen LogP contribution < -0.4 is 15.0 Å². The van der Waals surface area contributed by atoms with Crippen LogP contribution in [0, 0.1) is 0 Å². The van der Waals surface area contributed by atoms with Gasteiger partial charge in [-0.2, -0.15) is 0 Å². The Kier molecular flexibility index (Phi) is 4.96. The lowest BCUT2D eigenvalue weighted by molar-refractivity contribution is -0.856. The van der Waals surface area contributed by atoms with Crippen LogP contribution in [0.2, 0.25) is 0 Å². The summed E-state index contributed by atoms with van der Waals surface area (Å²) >= 11 is 0. The molecule has 0 radical (unpaired) electrons. The van der Waals surface area contributed by atoms with Crippen molar-refractivity contribution in [3.63, 3.8) is 0 Å². The van der Waals surface area contributed by atoms with Gasteiger partial charge in [-0.1, -0.05) is 12.1 Å². The molecule has 0 atom stereocenters. The maximum atomic E-state index is 6.08. The molecule has 0 unspecified atom stereocenters. The van der Waals surface area contributed by atoms with Crippen molar-refractivity contribution in [3.8, 4) is 17.1 Å². The van der Waals surface area contributed by atoms with Crippen LogP contribution in [0.1, 0.15) is 0 Å². The van der Waals surface area contributed by atoms with Crippen LogP contribution in [0.15, 0.2) is 64.0 Å². The fraction of sp³-hybridized carbons (Fsp3) is 0.250. The number of nitrogens with one attached hydrogen (secondary N) is 1. The minimum Gasteiger partial charge on any atom is -0.497 e. The molecular weight excluding hydrogens is 300 g/mol. The maximum absolute atomic E-state index is 6.08. The lowest BCUT2D eigenvalue weighted by atomic mass is 10.1. The van der Waals surface area contributed by atoms with E-state index in [2.05, 4.69) is 20.2 Å². The van der Waals surface area contributed by atoms with Gasteiger partial charge in [0.1, 0.15) is 17.1 Å². The van der Waals surface area contributed by atoms with E-state index in [4.69, 9.17) is 14.1 Å². The molecule has 24 heavy (non-hydrogen) atoms. The highest BCUT2D eigenvalue weighted by molar-refractivity contribution is 5.78. The summed E-state index contributed by atoms with van der Waals surface area (Å²) in [5, 5.41) is 2.02. The third-order valence-corrected chi connectivity index (χ3v) is 3.92. The SMILES string of the molecule is COc1ccc(-c2cc(=NCC[NH+](C)C)c3ccccc3o2)cc1. The molecule has 0 amide bonds. The Morgan fingerprint density at radius 1 is 1.04 bits per heavy atom. The molecule has 0 saturated heterocycles. The van der Waals surface area contributed by atoms with Gasteiger partial charge in [0.05, 0.1) is 39.7 Å². The van der Waals surface area contributed by atoms with Crippen molar-refractivity contribution in [2.24, 2.45) is 4.99 Å². The van der Waals surface area contributed by atoms with Crippen LogP contribution in [-0.4, -0.2) is 34.3 Å². The Bertz CT molecular complexity index is 880. The summed E-state index contributed by atoms with van der Waals surface area (Å²) in [7, 11) is 5.94. The van der Waals surface area contributed by atoms with Crippen molar-refractivity contribution in [1.29, 1.82) is 0 Å². The summed E-state index contributed by atoms with van der Waals surface area (Å²) in [6.07, 6.45) is 0. The predicted molar refractivity (Wildman–Crippen MR) is 96.3 cm³/mol. The van der Waals surface area contributed by atoms with E-state index in [1.807, 2.05) is 48.5 Å². The molecule has 0 saturated carbocycles. The van der Waals surface area contributed by atoms with Crippen molar-refractivity contribution < 1.29 is 14.1 Å². The number of fused-ring (bicyclic) bond motifs is 1. The van der Waals surface area contributed by atoms with E-state index in [9.17, 15) is 0 Å². The first-order valence-corrected chi connectivity index (χ1v) is 8.14. The summed E-state index contributed by atoms with van der Waals surface area (Å²) in [5.41, 5.74) is 1.86. The second kappa shape index (κ2) is 7.32. The van der Waals surface area contributed by atoms with Crippen LogP contribution in [0.3, 0.4) is 0 Å². The number of hydrogen-bond acceptors (Lipinski definition) is 3. The monoisotopic (exact) mass is 323 g/mol. The number of methoxy groups -OCH3 is 1. The Balaban J connectivity index is 2.08. The highest BCUT2D eigenvalue weighted by Crippen LogP contribution is 2.24. The second-order valence-electron chi connectivity index (χ2n) is 6.06. The number of para-hydroxylation sites is 1. The lowest BCUT2D eigenvalue weighted by Gasteiger charge is -2.07. The van der Waals surface area contributed by atoms with E-state index in [1.165, 1.54) is 4.90 Å². The van der Waals surface area contributed by atoms with Gasteiger partial charge in [0.15, 0.2) is 0 Å². The Morgan fingerprint density at radius 2 is 1.79 bits per heavy atom. The molecule has 0 aliphatic heterocycles. The standard InChI is InChI=1S/C20H22N2O2/c1-22(2)13-12-21-18-14-20(15-8-10-16(23-3)11-9-15)24-19-7-5-4-6-17(18)19/h4-11,14H,12-13H2,1-3H3/p+1. The molecule has 0 spiro atoms. The first-order valence-electron chi connectivity index (χ1n) is 8.14. The molecule has 0 aliphatic rings. The average Bonchev–Trinajstić information content (AvgIpc) is 2.61. The topological polar surface area (TPSA) is 39.2 Å². The van der Waals surface area contributed by atoms with Gasteiger partial charge in [0.25, 0.3) is 0 Å². The van der Waals surface area contributed by atoms with Gasteiger partial charge in [0, 0.05) is 17.0 Å². The first-order chi connectivity index (χ1) is 11.7. The maximum Gasteiger partial charge on any atom is 0.136 e. The van der Waals surface area contributed by atoms with Gasteiger partial charge in [0.2, 0.25) is 0 Å². The van der Waals surface area contributed by atoms with Crippen LogP contribution in [0.5, 0.6) is 5.75 Å². The number of hydrogen-bond donors (Lipinski definition) is 1. The normalized spacial score (nSPS) is 12.1. The fourth-order valence-electron chi connectivity index (χ4n) is 2.55. The van der Waals surface area contributed by atoms with Gasteiger partial charge < -0.3 is 14.1 Å². The minimum atomic E-state index is 0.790. The molecule has 4 heteroatoms. The average molecular weight is 323 g/mol. The van der Waals surface area contributed by atoms with E-state index in [0.29, 0.717) is 0 Å². The zero-order valence-electron chi connectivity index (χ0n) is 14.4. The molecule has 124 valence electrons. The number of likely N-dealkylation sites (N-methyl/N-ethyl adjacent to an activating group) is 1. The molecule has 1 N–H and O–H groups in total. The van der Waals surface area contributed by atoms with E-state index >= 15 is 0 Å². The van der Waals surface area contributed by atoms with Crippen molar-refractivity contribution in [2.75, 3.05) is 34.3 Å². The zero-order chi connectivity index (χ0) is 16.9. The van der Waals surface area contributed by atoms with E-state index in [0.717, 1.165) is 46.5 Å². The second-order valence-corrected chi connectivity index (χ2v) is 6.06. The van der Waals surface area contributed by atoms with Gasteiger partial charge in [-0.05, 0) is 36.4 Å². The van der Waals surface area contributed by atoms with E-state index < -0.39 is 0 Å². The van der Waals surface area contributed by atoms with Gasteiger partial charge >= 0.3 is 0 Å². The summed E-state index contributed by atoms with van der Waals surface area (Å²) in [4.78, 5) is 6.18. The quantitative estimate of drug-likeness (QED) is 0.781. The highest BCUT2D eigenvalue weighted by atomic mass is 16.5. The number of benzene rings is 2. The molecule has 0 aliphatic carbocycles. The largest absolute Gasteiger partial charge is 0.497 e. The van der Waals surface area contributed by atoms with Crippen molar-refractivity contribution >= 4 is 11.0 Å². The summed E-state index contributed by atoms with van der Waals surface area (Å²) in [5.74, 6) is 1.64. The first kappa shape index (κ1) is 16.3. The fourth-order valence-corrected chi connectivity index (χ4v) is 2.55. The molecular formula is C20H23N2O2+. The van der Waals surface area contributed by atoms with E-state index in [-0.39, 0.29) is 0 Å². The van der Waals surface area contributed by atoms with Gasteiger partial charge in [-0.15, -0.1) is 0 Å². The van der Waals surface area contributed by atoms with Crippen molar-refractivity contribution in [3.05, 3.63) is 60.0 Å². The Hall–Kier alpha value is -2.59. The summed E-state index contributed by atoms with van der Waals surface area (Å²) < 4.78 is 11.3. The summed E-state index contributed by atoms with van der Waals surface area (Å²) in [6.45, 7) is 1.79. The van der Waals surface area contributed by atoms with Crippen molar-refractivity contribution in [2.45, 2.75) is 0 Å². The molecule has 1 heterocycles. The van der Waals surface area contributed by atoms with Gasteiger partial charge in [-0.25, -0.2) is 0 Å². The molecule has 2 aromatic carbocycles. The Morgan fingerprint density at radius 3 is 2.50 bits per heavy atom. The van der Waals surface area contributed by atoms with Crippen LogP contribution >= 0.6 is 0 Å². The van der Waals surface area contributed by atoms with Crippen molar-refractivity contribution in [1.82, 2.24) is 0 Å². The highest BCUT2D eigenvalue weighted by Gasteiger charge is 2.06. The number of quaternary nitrogens is 1. The molecule has 4 nitrogen and oxygen atoms in total. The molecule has 0 bridgehead atoms. The predicted octanol–water partition coefficient (Wildman–Crippen LogP) is 2.15. The smallest absolute Gasteiger partial charge is 0.136 e. The molecule has 0 fully saturated rings.